The standard InChI is InChI=1S/C17H10N2O2/c1-18-13-5-2-11(3-6-13)14-8-9-19-16-7-4-12(17(20)21)10-15(14)16/h2-10H,(H,20,21). The Morgan fingerprint density at radius 2 is 1.86 bits per heavy atom. The Hall–Kier alpha value is -3.19. The highest BCUT2D eigenvalue weighted by atomic mass is 16.4. The fourth-order valence-corrected chi connectivity index (χ4v) is 2.25. The molecule has 100 valence electrons. The predicted octanol–water partition coefficient (Wildman–Crippen LogP) is 4.15. The Balaban J connectivity index is 2.23. The number of benzene rings is 2. The third kappa shape index (κ3) is 2.33. The summed E-state index contributed by atoms with van der Waals surface area (Å²) in [5.41, 5.74) is 3.38. The van der Waals surface area contributed by atoms with Crippen molar-refractivity contribution in [2.75, 3.05) is 0 Å². The van der Waals surface area contributed by atoms with Gasteiger partial charge in [-0.2, -0.15) is 0 Å². The zero-order chi connectivity index (χ0) is 14.8. The topological polar surface area (TPSA) is 54.5 Å². The molecule has 0 radical (unpaired) electrons. The molecule has 1 aromatic heterocycles. The van der Waals surface area contributed by atoms with Crippen molar-refractivity contribution in [3.8, 4) is 11.1 Å². The van der Waals surface area contributed by atoms with Crippen LogP contribution in [0.25, 0.3) is 26.9 Å². The van der Waals surface area contributed by atoms with Crippen molar-refractivity contribution >= 4 is 22.6 Å². The predicted molar refractivity (Wildman–Crippen MR) is 80.4 cm³/mol. The molecule has 1 N–H and O–H groups in total. The quantitative estimate of drug-likeness (QED) is 0.714. The number of aromatic carboxylic acids is 1. The van der Waals surface area contributed by atoms with Crippen LogP contribution in [0.15, 0.2) is 54.7 Å². The van der Waals surface area contributed by atoms with Crippen LogP contribution in [0.2, 0.25) is 0 Å². The van der Waals surface area contributed by atoms with Crippen LogP contribution in [0.3, 0.4) is 0 Å². The molecule has 0 bridgehead atoms. The van der Waals surface area contributed by atoms with Gasteiger partial charge in [-0.15, -0.1) is 0 Å². The number of nitrogens with zero attached hydrogens (tertiary/aromatic N) is 2. The van der Waals surface area contributed by atoms with Crippen LogP contribution in [-0.4, -0.2) is 16.1 Å². The highest BCUT2D eigenvalue weighted by Crippen LogP contribution is 2.29. The summed E-state index contributed by atoms with van der Waals surface area (Å²) in [5.74, 6) is -0.963. The number of hydrogen-bond donors (Lipinski definition) is 1. The molecule has 0 aliphatic rings. The van der Waals surface area contributed by atoms with Crippen LogP contribution < -0.4 is 0 Å². The Morgan fingerprint density at radius 1 is 1.10 bits per heavy atom. The van der Waals surface area contributed by atoms with Crippen LogP contribution in [0.4, 0.5) is 5.69 Å². The molecule has 0 fully saturated rings. The minimum atomic E-state index is -0.963. The molecular weight excluding hydrogens is 264 g/mol. The summed E-state index contributed by atoms with van der Waals surface area (Å²) in [5, 5.41) is 9.91. The second-order valence-corrected chi connectivity index (χ2v) is 4.55. The largest absolute Gasteiger partial charge is 0.478 e. The van der Waals surface area contributed by atoms with E-state index >= 15 is 0 Å². The lowest BCUT2D eigenvalue weighted by molar-refractivity contribution is 0.0697. The van der Waals surface area contributed by atoms with Gasteiger partial charge < -0.3 is 5.11 Å². The molecule has 21 heavy (non-hydrogen) atoms. The van der Waals surface area contributed by atoms with Gasteiger partial charge >= 0.3 is 5.97 Å². The molecule has 1 heterocycles. The van der Waals surface area contributed by atoms with E-state index in [9.17, 15) is 4.79 Å². The van der Waals surface area contributed by atoms with Gasteiger partial charge in [-0.25, -0.2) is 9.64 Å². The summed E-state index contributed by atoms with van der Waals surface area (Å²) >= 11 is 0. The molecule has 0 aliphatic carbocycles. The van der Waals surface area contributed by atoms with Gasteiger partial charge in [-0.3, -0.25) is 4.98 Å². The Bertz CT molecular complexity index is 877. The monoisotopic (exact) mass is 274 g/mol. The number of rotatable bonds is 2. The summed E-state index contributed by atoms with van der Waals surface area (Å²) in [6.07, 6.45) is 1.70. The highest BCUT2D eigenvalue weighted by Gasteiger charge is 2.09. The molecule has 0 aliphatic heterocycles. The average molecular weight is 274 g/mol. The first-order valence-corrected chi connectivity index (χ1v) is 6.29. The van der Waals surface area contributed by atoms with Crippen molar-refractivity contribution in [3.05, 3.63) is 71.7 Å². The zero-order valence-electron chi connectivity index (χ0n) is 10.9. The molecule has 0 spiro atoms. The Morgan fingerprint density at radius 3 is 2.52 bits per heavy atom. The van der Waals surface area contributed by atoms with Gasteiger partial charge in [-0.1, -0.05) is 24.3 Å². The van der Waals surface area contributed by atoms with Crippen LogP contribution in [0.5, 0.6) is 0 Å². The minimum Gasteiger partial charge on any atom is -0.478 e. The normalized spacial score (nSPS) is 10.2. The van der Waals surface area contributed by atoms with E-state index in [1.165, 1.54) is 0 Å². The lowest BCUT2D eigenvalue weighted by Gasteiger charge is -2.07. The number of pyridine rings is 1. The van der Waals surface area contributed by atoms with Crippen LogP contribution in [0.1, 0.15) is 10.4 Å². The number of fused-ring (bicyclic) bond motifs is 1. The third-order valence-corrected chi connectivity index (χ3v) is 3.30. The number of aromatic nitrogens is 1. The molecule has 4 heteroatoms. The van der Waals surface area contributed by atoms with Crippen molar-refractivity contribution in [2.24, 2.45) is 0 Å². The molecular formula is C17H10N2O2. The van der Waals surface area contributed by atoms with Crippen LogP contribution in [0, 0.1) is 6.57 Å². The zero-order valence-corrected chi connectivity index (χ0v) is 10.9. The molecule has 0 saturated carbocycles. The van der Waals surface area contributed by atoms with Gasteiger partial charge in [0.05, 0.1) is 17.7 Å². The van der Waals surface area contributed by atoms with Crippen molar-refractivity contribution in [1.82, 2.24) is 4.98 Å². The van der Waals surface area contributed by atoms with Crippen molar-refractivity contribution < 1.29 is 9.90 Å². The van der Waals surface area contributed by atoms with E-state index in [1.54, 1.807) is 36.5 Å². The summed E-state index contributed by atoms with van der Waals surface area (Å²) in [7, 11) is 0. The van der Waals surface area contributed by atoms with E-state index < -0.39 is 5.97 Å². The van der Waals surface area contributed by atoms with Gasteiger partial charge in [0.1, 0.15) is 0 Å². The molecule has 0 saturated heterocycles. The number of hydrogen-bond acceptors (Lipinski definition) is 2. The Kier molecular flexibility index (Phi) is 3.09. The van der Waals surface area contributed by atoms with Crippen LogP contribution >= 0.6 is 0 Å². The molecule has 0 amide bonds. The maximum Gasteiger partial charge on any atom is 0.335 e. The second-order valence-electron chi connectivity index (χ2n) is 4.55. The summed E-state index contributed by atoms with van der Waals surface area (Å²) < 4.78 is 0. The average Bonchev–Trinajstić information content (AvgIpc) is 2.54. The Labute approximate surface area is 121 Å². The lowest BCUT2D eigenvalue weighted by Crippen LogP contribution is -1.96. The minimum absolute atomic E-state index is 0.231. The van der Waals surface area contributed by atoms with E-state index in [4.69, 9.17) is 11.7 Å². The number of carboxylic acid groups (broad SMARTS) is 1. The van der Waals surface area contributed by atoms with Gasteiger partial charge in [0.25, 0.3) is 0 Å². The maximum absolute atomic E-state index is 11.1. The highest BCUT2D eigenvalue weighted by molar-refractivity contribution is 5.99. The van der Waals surface area contributed by atoms with Crippen molar-refractivity contribution in [2.45, 2.75) is 0 Å². The summed E-state index contributed by atoms with van der Waals surface area (Å²) in [6, 6.07) is 13.9. The van der Waals surface area contributed by atoms with Gasteiger partial charge in [0.15, 0.2) is 5.69 Å². The van der Waals surface area contributed by atoms with E-state index in [0.717, 1.165) is 22.0 Å². The van der Waals surface area contributed by atoms with Crippen molar-refractivity contribution in [1.29, 1.82) is 0 Å². The fourth-order valence-electron chi connectivity index (χ4n) is 2.25. The third-order valence-electron chi connectivity index (χ3n) is 3.30. The van der Waals surface area contributed by atoms with Crippen LogP contribution in [-0.2, 0) is 0 Å². The van der Waals surface area contributed by atoms with Gasteiger partial charge in [0.2, 0.25) is 0 Å². The van der Waals surface area contributed by atoms with E-state index in [1.807, 2.05) is 18.2 Å². The summed E-state index contributed by atoms with van der Waals surface area (Å²) in [6.45, 7) is 6.98. The molecule has 3 aromatic rings. The summed E-state index contributed by atoms with van der Waals surface area (Å²) in [4.78, 5) is 18.7. The maximum atomic E-state index is 11.1. The lowest BCUT2D eigenvalue weighted by atomic mass is 9.99. The van der Waals surface area contributed by atoms with E-state index in [-0.39, 0.29) is 5.56 Å². The van der Waals surface area contributed by atoms with Gasteiger partial charge in [0, 0.05) is 11.6 Å². The van der Waals surface area contributed by atoms with Gasteiger partial charge in [-0.05, 0) is 35.4 Å². The molecule has 0 atom stereocenters. The molecule has 3 rings (SSSR count). The number of carbonyl (C=O) groups is 1. The molecule has 4 nitrogen and oxygen atoms in total. The molecule has 2 aromatic carbocycles. The number of carboxylic acids is 1. The van der Waals surface area contributed by atoms with Crippen molar-refractivity contribution in [3.63, 3.8) is 0 Å². The van der Waals surface area contributed by atoms with E-state index in [0.29, 0.717) is 5.69 Å². The first kappa shape index (κ1) is 12.8. The molecule has 0 unspecified atom stereocenters. The first-order valence-electron chi connectivity index (χ1n) is 6.29. The first-order chi connectivity index (χ1) is 10.2. The second kappa shape index (κ2) is 5.06. The smallest absolute Gasteiger partial charge is 0.335 e. The SMILES string of the molecule is [C-]#[N+]c1ccc(-c2ccnc3ccc(C(=O)O)cc23)cc1. The van der Waals surface area contributed by atoms with E-state index in [2.05, 4.69) is 9.83 Å². The fraction of sp³-hybridized carbons (Fsp3) is 0.